The molecule has 1 fully saturated rings. The number of methoxy groups -OCH3 is 1. The molecule has 0 atom stereocenters. The summed E-state index contributed by atoms with van der Waals surface area (Å²) in [6.07, 6.45) is 1.50. The summed E-state index contributed by atoms with van der Waals surface area (Å²) in [4.78, 5) is 30.3. The van der Waals surface area contributed by atoms with Crippen molar-refractivity contribution in [2.24, 2.45) is 0 Å². The fourth-order valence-corrected chi connectivity index (χ4v) is 3.04. The predicted octanol–water partition coefficient (Wildman–Crippen LogP) is 1.42. The van der Waals surface area contributed by atoms with Crippen molar-refractivity contribution in [1.29, 1.82) is 0 Å². The molecule has 0 aliphatic carbocycles. The molecule has 1 aromatic carbocycles. The molecule has 1 saturated heterocycles. The molecule has 28 heavy (non-hydrogen) atoms. The number of nitrogens with zero attached hydrogens (tertiary/aromatic N) is 6. The average Bonchev–Trinajstić information content (AvgIpc) is 2.73. The van der Waals surface area contributed by atoms with Crippen LogP contribution in [0.15, 0.2) is 24.4 Å². The first-order valence-corrected chi connectivity index (χ1v) is 8.52. The Morgan fingerprint density at radius 2 is 2.04 bits per heavy atom. The highest BCUT2D eigenvalue weighted by molar-refractivity contribution is 5.86. The van der Waals surface area contributed by atoms with Crippen LogP contribution in [-0.4, -0.2) is 58.3 Å². The Hall–Kier alpha value is -3.60. The number of nitrogen functional groups attached to an aromatic ring is 1. The number of hydrogen-bond donors (Lipinski definition) is 1. The summed E-state index contributed by atoms with van der Waals surface area (Å²) in [6, 6.07) is 4.62. The number of nitrogens with two attached hydrogens (primary N) is 1. The number of hydrogen-bond acceptors (Lipinski definition) is 10. The van der Waals surface area contributed by atoms with Gasteiger partial charge < -0.3 is 20.1 Å². The number of ether oxygens (including phenoxy) is 2. The van der Waals surface area contributed by atoms with E-state index in [4.69, 9.17) is 15.2 Å². The maximum Gasteiger partial charge on any atom is 0.311 e. The zero-order valence-corrected chi connectivity index (χ0v) is 15.0. The molecule has 0 amide bonds. The molecule has 0 unspecified atom stereocenters. The van der Waals surface area contributed by atoms with Gasteiger partial charge >= 0.3 is 5.69 Å². The van der Waals surface area contributed by atoms with E-state index in [1.165, 1.54) is 25.4 Å². The van der Waals surface area contributed by atoms with Crippen molar-refractivity contribution in [2.75, 3.05) is 44.0 Å². The van der Waals surface area contributed by atoms with Crippen LogP contribution in [0.4, 0.5) is 17.5 Å². The van der Waals surface area contributed by atoms with Gasteiger partial charge in [0.1, 0.15) is 0 Å². The summed E-state index contributed by atoms with van der Waals surface area (Å²) in [5.74, 6) is 0.854. The fourth-order valence-electron chi connectivity index (χ4n) is 3.04. The molecule has 11 nitrogen and oxygen atoms in total. The third-order valence-electron chi connectivity index (χ3n) is 4.39. The van der Waals surface area contributed by atoms with Gasteiger partial charge in [-0.25, -0.2) is 9.97 Å². The van der Waals surface area contributed by atoms with Crippen LogP contribution in [0.25, 0.3) is 22.4 Å². The first-order valence-electron chi connectivity index (χ1n) is 8.52. The van der Waals surface area contributed by atoms with E-state index in [9.17, 15) is 10.1 Å². The number of anilines is 2. The van der Waals surface area contributed by atoms with Crippen LogP contribution in [0.1, 0.15) is 0 Å². The highest BCUT2D eigenvalue weighted by Crippen LogP contribution is 2.32. The summed E-state index contributed by atoms with van der Waals surface area (Å²) >= 11 is 0. The van der Waals surface area contributed by atoms with E-state index >= 15 is 0 Å². The van der Waals surface area contributed by atoms with E-state index in [1.807, 2.05) is 4.90 Å². The van der Waals surface area contributed by atoms with Crippen molar-refractivity contribution < 1.29 is 14.4 Å². The largest absolute Gasteiger partial charge is 0.490 e. The normalized spacial score (nSPS) is 14.2. The average molecular weight is 383 g/mol. The maximum atomic E-state index is 11.3. The first kappa shape index (κ1) is 17.8. The third-order valence-corrected chi connectivity index (χ3v) is 4.39. The topological polar surface area (TPSA) is 142 Å². The molecule has 144 valence electrons. The van der Waals surface area contributed by atoms with Crippen LogP contribution in [0.3, 0.4) is 0 Å². The minimum atomic E-state index is -0.500. The lowest BCUT2D eigenvalue weighted by Crippen LogP contribution is -2.37. The summed E-state index contributed by atoms with van der Waals surface area (Å²) in [5, 5.41) is 11.3. The van der Waals surface area contributed by atoms with Gasteiger partial charge in [0, 0.05) is 24.7 Å². The molecule has 1 aliphatic rings. The lowest BCUT2D eigenvalue weighted by molar-refractivity contribution is -0.385. The number of nitro groups is 1. The van der Waals surface area contributed by atoms with Gasteiger partial charge in [0.25, 0.3) is 0 Å². The molecule has 2 aromatic heterocycles. The van der Waals surface area contributed by atoms with Gasteiger partial charge in [-0.15, -0.1) is 0 Å². The molecule has 0 radical (unpaired) electrons. The zero-order chi connectivity index (χ0) is 19.7. The van der Waals surface area contributed by atoms with Crippen LogP contribution >= 0.6 is 0 Å². The third kappa shape index (κ3) is 3.22. The Morgan fingerprint density at radius 1 is 1.25 bits per heavy atom. The first-order chi connectivity index (χ1) is 13.6. The number of rotatable bonds is 4. The molecule has 4 rings (SSSR count). The summed E-state index contributed by atoms with van der Waals surface area (Å²) in [5.41, 5.74) is 7.51. The van der Waals surface area contributed by atoms with E-state index in [1.54, 1.807) is 6.07 Å². The molecule has 0 bridgehead atoms. The van der Waals surface area contributed by atoms with Crippen molar-refractivity contribution in [1.82, 2.24) is 19.9 Å². The number of morpholine rings is 1. The van der Waals surface area contributed by atoms with Gasteiger partial charge in [-0.2, -0.15) is 9.97 Å². The number of fused-ring (bicyclic) bond motifs is 1. The lowest BCUT2D eigenvalue weighted by Gasteiger charge is -2.28. The zero-order valence-electron chi connectivity index (χ0n) is 15.0. The second kappa shape index (κ2) is 7.19. The van der Waals surface area contributed by atoms with Crippen LogP contribution in [0, 0.1) is 10.1 Å². The molecular weight excluding hydrogens is 366 g/mol. The van der Waals surface area contributed by atoms with Crippen molar-refractivity contribution in [3.05, 3.63) is 34.5 Å². The Kier molecular flexibility index (Phi) is 4.57. The lowest BCUT2D eigenvalue weighted by atomic mass is 10.1. The van der Waals surface area contributed by atoms with E-state index < -0.39 is 4.92 Å². The maximum absolute atomic E-state index is 11.3. The van der Waals surface area contributed by atoms with Gasteiger partial charge in [0.15, 0.2) is 22.7 Å². The Bertz CT molecular complexity index is 1050. The standard InChI is InChI=1S/C17H17N7O4/c1-27-13-3-2-10(8-12(13)24(25)26)11-9-19-15-14(20-11)16(22-17(18)21-15)23-4-6-28-7-5-23/h2-3,8-9H,4-7H2,1H3,(H2,18,19,21,22). The van der Waals surface area contributed by atoms with Crippen LogP contribution in [0.2, 0.25) is 0 Å². The number of aromatic nitrogens is 4. The van der Waals surface area contributed by atoms with Crippen LogP contribution < -0.4 is 15.4 Å². The quantitative estimate of drug-likeness (QED) is 0.519. The summed E-state index contributed by atoms with van der Waals surface area (Å²) < 4.78 is 10.4. The van der Waals surface area contributed by atoms with Crippen LogP contribution in [-0.2, 0) is 4.74 Å². The van der Waals surface area contributed by atoms with Crippen molar-refractivity contribution in [3.8, 4) is 17.0 Å². The van der Waals surface area contributed by atoms with Gasteiger partial charge in [-0.3, -0.25) is 10.1 Å². The smallest absolute Gasteiger partial charge is 0.311 e. The highest BCUT2D eigenvalue weighted by Gasteiger charge is 2.21. The number of nitro benzene ring substituents is 1. The van der Waals surface area contributed by atoms with E-state index in [0.29, 0.717) is 54.5 Å². The summed E-state index contributed by atoms with van der Waals surface area (Å²) in [7, 11) is 1.38. The second-order valence-corrected chi connectivity index (χ2v) is 6.08. The monoisotopic (exact) mass is 383 g/mol. The van der Waals surface area contributed by atoms with Gasteiger partial charge in [-0.1, -0.05) is 0 Å². The molecule has 0 spiro atoms. The van der Waals surface area contributed by atoms with Crippen molar-refractivity contribution >= 4 is 28.6 Å². The molecule has 0 saturated carbocycles. The SMILES string of the molecule is COc1ccc(-c2cnc3nc(N)nc(N4CCOCC4)c3n2)cc1[N+](=O)[O-]. The van der Waals surface area contributed by atoms with E-state index in [-0.39, 0.29) is 17.4 Å². The molecular formula is C17H17N7O4. The number of benzene rings is 1. The minimum absolute atomic E-state index is 0.108. The van der Waals surface area contributed by atoms with Gasteiger partial charge in [-0.05, 0) is 12.1 Å². The Morgan fingerprint density at radius 3 is 2.75 bits per heavy atom. The molecule has 1 aliphatic heterocycles. The van der Waals surface area contributed by atoms with E-state index in [2.05, 4.69) is 19.9 Å². The molecule has 3 heterocycles. The fraction of sp³-hybridized carbons (Fsp3) is 0.294. The Balaban J connectivity index is 1.84. The van der Waals surface area contributed by atoms with Crippen molar-refractivity contribution in [3.63, 3.8) is 0 Å². The Labute approximate surface area is 159 Å². The van der Waals surface area contributed by atoms with Gasteiger partial charge in [0.2, 0.25) is 5.95 Å². The van der Waals surface area contributed by atoms with Crippen molar-refractivity contribution in [2.45, 2.75) is 0 Å². The highest BCUT2D eigenvalue weighted by atomic mass is 16.6. The molecule has 2 N–H and O–H groups in total. The van der Waals surface area contributed by atoms with Gasteiger partial charge in [0.05, 0.1) is 37.1 Å². The second-order valence-electron chi connectivity index (χ2n) is 6.08. The van der Waals surface area contributed by atoms with E-state index in [0.717, 1.165) is 0 Å². The predicted molar refractivity (Wildman–Crippen MR) is 101 cm³/mol. The minimum Gasteiger partial charge on any atom is -0.490 e. The molecule has 11 heteroatoms. The molecule has 3 aromatic rings. The summed E-state index contributed by atoms with van der Waals surface area (Å²) in [6.45, 7) is 2.43. The van der Waals surface area contributed by atoms with Crippen LogP contribution in [0.5, 0.6) is 5.75 Å².